The zero-order valence-electron chi connectivity index (χ0n) is 11.8. The maximum Gasteiger partial charge on any atom is 0.249 e. The van der Waals surface area contributed by atoms with Crippen molar-refractivity contribution in [3.8, 4) is 0 Å². The van der Waals surface area contributed by atoms with Crippen molar-refractivity contribution in [2.75, 3.05) is 13.1 Å². The Hall–Kier alpha value is -1.10. The van der Waals surface area contributed by atoms with Crippen molar-refractivity contribution < 1.29 is 9.53 Å². The second kappa shape index (κ2) is 8.25. The van der Waals surface area contributed by atoms with Gasteiger partial charge in [-0.2, -0.15) is 0 Å². The molecule has 1 fully saturated rings. The molecule has 112 valence electrons. The summed E-state index contributed by atoms with van der Waals surface area (Å²) in [6.07, 6.45) is 2.24. The van der Waals surface area contributed by atoms with E-state index >= 15 is 0 Å². The summed E-state index contributed by atoms with van der Waals surface area (Å²) in [7, 11) is 0. The molecule has 20 heavy (non-hydrogen) atoms. The molecule has 0 unspecified atom stereocenters. The molecule has 0 aromatic heterocycles. The average Bonchev–Trinajstić information content (AvgIpc) is 2.90. The highest BCUT2D eigenvalue weighted by molar-refractivity contribution is 5.85. The van der Waals surface area contributed by atoms with Crippen LogP contribution in [0.2, 0.25) is 0 Å². The number of aryl methyl sites for hydroxylation is 1. The third-order valence-electron chi connectivity index (χ3n) is 3.62. The lowest BCUT2D eigenvalue weighted by Gasteiger charge is -2.13. The van der Waals surface area contributed by atoms with Crippen LogP contribution < -0.4 is 11.1 Å². The zero-order valence-corrected chi connectivity index (χ0v) is 12.6. The standard InChI is InChI=1S/C15H22N2O2.ClH/c1-11-4-2-3-5-12(11)8-9-17-15(18)14-7-6-13(10-16)19-14;/h2-5,13-14H,6-10,16H2,1H3,(H,17,18);1H/t13-,14+;/m1./s1. The van der Waals surface area contributed by atoms with Crippen LogP contribution in [0.3, 0.4) is 0 Å². The minimum atomic E-state index is -0.314. The first-order chi connectivity index (χ1) is 9.20. The Bertz CT molecular complexity index is 440. The first-order valence-corrected chi connectivity index (χ1v) is 6.88. The summed E-state index contributed by atoms with van der Waals surface area (Å²) < 4.78 is 5.56. The highest BCUT2D eigenvalue weighted by Crippen LogP contribution is 2.18. The first kappa shape index (κ1) is 17.0. The summed E-state index contributed by atoms with van der Waals surface area (Å²) in [6, 6.07) is 8.23. The smallest absolute Gasteiger partial charge is 0.249 e. The van der Waals surface area contributed by atoms with E-state index in [0.29, 0.717) is 13.1 Å². The summed E-state index contributed by atoms with van der Waals surface area (Å²) in [5.41, 5.74) is 8.07. The predicted molar refractivity (Wildman–Crippen MR) is 82.1 cm³/mol. The quantitative estimate of drug-likeness (QED) is 0.867. The number of rotatable bonds is 5. The van der Waals surface area contributed by atoms with Gasteiger partial charge in [-0.1, -0.05) is 24.3 Å². The van der Waals surface area contributed by atoms with Crippen molar-refractivity contribution in [2.45, 2.75) is 38.4 Å². The van der Waals surface area contributed by atoms with Crippen LogP contribution in [0.5, 0.6) is 0 Å². The van der Waals surface area contributed by atoms with Crippen molar-refractivity contribution in [1.82, 2.24) is 5.32 Å². The van der Waals surface area contributed by atoms with E-state index in [1.165, 1.54) is 11.1 Å². The molecule has 1 aliphatic heterocycles. The summed E-state index contributed by atoms with van der Waals surface area (Å²) in [4.78, 5) is 11.9. The van der Waals surface area contributed by atoms with Crippen LogP contribution in [0.1, 0.15) is 24.0 Å². The molecule has 1 saturated heterocycles. The van der Waals surface area contributed by atoms with Gasteiger partial charge < -0.3 is 15.8 Å². The van der Waals surface area contributed by atoms with Gasteiger partial charge in [0.05, 0.1) is 6.10 Å². The van der Waals surface area contributed by atoms with E-state index in [-0.39, 0.29) is 30.5 Å². The van der Waals surface area contributed by atoms with Crippen molar-refractivity contribution in [3.05, 3.63) is 35.4 Å². The van der Waals surface area contributed by atoms with Gasteiger partial charge in [0.2, 0.25) is 5.91 Å². The number of benzene rings is 1. The molecule has 1 aromatic rings. The number of carbonyl (C=O) groups excluding carboxylic acids is 1. The van der Waals surface area contributed by atoms with Gasteiger partial charge in [-0.3, -0.25) is 4.79 Å². The molecular formula is C15H23ClN2O2. The number of amides is 1. The van der Waals surface area contributed by atoms with Crippen LogP contribution >= 0.6 is 12.4 Å². The molecule has 4 nitrogen and oxygen atoms in total. The Balaban J connectivity index is 0.00000200. The molecule has 0 bridgehead atoms. The fourth-order valence-electron chi connectivity index (χ4n) is 2.40. The molecule has 2 rings (SSSR count). The lowest BCUT2D eigenvalue weighted by molar-refractivity contribution is -0.131. The maximum atomic E-state index is 11.9. The van der Waals surface area contributed by atoms with E-state index in [1.54, 1.807) is 0 Å². The van der Waals surface area contributed by atoms with E-state index in [4.69, 9.17) is 10.5 Å². The maximum absolute atomic E-state index is 11.9. The lowest BCUT2D eigenvalue weighted by atomic mass is 10.1. The van der Waals surface area contributed by atoms with Crippen LogP contribution in [0, 0.1) is 6.92 Å². The minimum Gasteiger partial charge on any atom is -0.364 e. The third-order valence-corrected chi connectivity index (χ3v) is 3.62. The summed E-state index contributed by atoms with van der Waals surface area (Å²) >= 11 is 0. The molecule has 3 N–H and O–H groups in total. The second-order valence-corrected chi connectivity index (χ2v) is 5.03. The molecule has 0 spiro atoms. The van der Waals surface area contributed by atoms with Crippen LogP contribution in [0.25, 0.3) is 0 Å². The van der Waals surface area contributed by atoms with Crippen molar-refractivity contribution in [2.24, 2.45) is 5.73 Å². The fourth-order valence-corrected chi connectivity index (χ4v) is 2.40. The fraction of sp³-hybridized carbons (Fsp3) is 0.533. The highest BCUT2D eigenvalue weighted by Gasteiger charge is 2.29. The topological polar surface area (TPSA) is 64.4 Å². The SMILES string of the molecule is Cc1ccccc1CCNC(=O)[C@@H]1CC[C@H](CN)O1.Cl. The molecule has 1 aliphatic rings. The zero-order chi connectivity index (χ0) is 13.7. The molecule has 1 aromatic carbocycles. The molecular weight excluding hydrogens is 276 g/mol. The van der Waals surface area contributed by atoms with Crippen LogP contribution in [0.4, 0.5) is 0 Å². The van der Waals surface area contributed by atoms with Crippen molar-refractivity contribution in [1.29, 1.82) is 0 Å². The van der Waals surface area contributed by atoms with Gasteiger partial charge in [0.15, 0.2) is 0 Å². The Morgan fingerprint density at radius 2 is 2.15 bits per heavy atom. The van der Waals surface area contributed by atoms with Crippen LogP contribution in [0.15, 0.2) is 24.3 Å². The Kier molecular flexibility index (Phi) is 6.99. The molecule has 5 heteroatoms. The molecule has 2 atom stereocenters. The molecule has 0 aliphatic carbocycles. The predicted octanol–water partition coefficient (Wildman–Crippen LogP) is 1.58. The minimum absolute atomic E-state index is 0. The van der Waals surface area contributed by atoms with Gasteiger partial charge in [0.1, 0.15) is 6.10 Å². The van der Waals surface area contributed by atoms with Crippen molar-refractivity contribution >= 4 is 18.3 Å². The summed E-state index contributed by atoms with van der Waals surface area (Å²) in [5, 5.41) is 2.94. The normalized spacial score (nSPS) is 21.3. The Morgan fingerprint density at radius 1 is 1.40 bits per heavy atom. The number of carbonyl (C=O) groups is 1. The molecule has 0 saturated carbocycles. The van der Waals surface area contributed by atoms with Gasteiger partial charge in [-0.05, 0) is 37.3 Å². The van der Waals surface area contributed by atoms with Gasteiger partial charge in [-0.15, -0.1) is 12.4 Å². The van der Waals surface area contributed by atoms with Crippen molar-refractivity contribution in [3.63, 3.8) is 0 Å². The average molecular weight is 299 g/mol. The van der Waals surface area contributed by atoms with Crippen LogP contribution in [-0.2, 0) is 16.0 Å². The number of ether oxygens (including phenoxy) is 1. The van der Waals surface area contributed by atoms with Gasteiger partial charge in [0, 0.05) is 13.1 Å². The Morgan fingerprint density at radius 3 is 2.80 bits per heavy atom. The van der Waals surface area contributed by atoms with Gasteiger partial charge in [0.25, 0.3) is 0 Å². The Labute approximate surface area is 126 Å². The summed E-state index contributed by atoms with van der Waals surface area (Å²) in [5.74, 6) is -0.00969. The van der Waals surface area contributed by atoms with E-state index in [1.807, 2.05) is 12.1 Å². The highest BCUT2D eigenvalue weighted by atomic mass is 35.5. The molecule has 1 heterocycles. The monoisotopic (exact) mass is 298 g/mol. The number of hydrogen-bond donors (Lipinski definition) is 2. The number of halogens is 1. The summed E-state index contributed by atoms with van der Waals surface area (Å²) in [6.45, 7) is 3.23. The van der Waals surface area contributed by atoms with Crippen LogP contribution in [-0.4, -0.2) is 31.2 Å². The van der Waals surface area contributed by atoms with Gasteiger partial charge in [-0.25, -0.2) is 0 Å². The largest absolute Gasteiger partial charge is 0.364 e. The molecule has 0 radical (unpaired) electrons. The van der Waals surface area contributed by atoms with Gasteiger partial charge >= 0.3 is 0 Å². The van der Waals surface area contributed by atoms with E-state index in [0.717, 1.165) is 19.3 Å². The van der Waals surface area contributed by atoms with E-state index < -0.39 is 0 Å². The third kappa shape index (κ3) is 4.47. The number of hydrogen-bond acceptors (Lipinski definition) is 3. The first-order valence-electron chi connectivity index (χ1n) is 6.88. The second-order valence-electron chi connectivity index (χ2n) is 5.03. The number of nitrogens with two attached hydrogens (primary N) is 1. The number of nitrogens with one attached hydrogen (secondary N) is 1. The molecule has 1 amide bonds. The lowest BCUT2D eigenvalue weighted by Crippen LogP contribution is -2.36. The van der Waals surface area contributed by atoms with E-state index in [2.05, 4.69) is 24.4 Å². The van der Waals surface area contributed by atoms with E-state index in [9.17, 15) is 4.79 Å².